The molecule has 0 atom stereocenters. The second-order valence-corrected chi connectivity index (χ2v) is 8.20. The van der Waals surface area contributed by atoms with Crippen molar-refractivity contribution in [1.29, 1.82) is 0 Å². The molecule has 0 unspecified atom stereocenters. The quantitative estimate of drug-likeness (QED) is 0.531. The Kier molecular flexibility index (Phi) is 4.48. The number of fused-ring (bicyclic) bond motifs is 1. The lowest BCUT2D eigenvalue weighted by Crippen LogP contribution is -2.42. The van der Waals surface area contributed by atoms with Gasteiger partial charge < -0.3 is 5.11 Å². The number of carbonyl (C=O) groups is 1. The summed E-state index contributed by atoms with van der Waals surface area (Å²) in [7, 11) is 0. The van der Waals surface area contributed by atoms with E-state index in [-0.39, 0.29) is 22.7 Å². The Morgan fingerprint density at radius 2 is 1.86 bits per heavy atom. The number of hydrogen-bond donors (Lipinski definition) is 1. The Balaban J connectivity index is 2.38. The summed E-state index contributed by atoms with van der Waals surface area (Å²) in [6.07, 6.45) is 1.17. The van der Waals surface area contributed by atoms with Crippen LogP contribution in [0.3, 0.4) is 0 Å². The molecule has 4 rings (SSSR count). The first-order valence-electron chi connectivity index (χ1n) is 8.77. The van der Waals surface area contributed by atoms with Gasteiger partial charge in [-0.3, -0.25) is 19.0 Å². The summed E-state index contributed by atoms with van der Waals surface area (Å²) >= 11 is 1.90. The van der Waals surface area contributed by atoms with E-state index in [0.717, 1.165) is 16.1 Å². The third-order valence-electron chi connectivity index (χ3n) is 4.97. The molecule has 0 amide bonds. The highest BCUT2D eigenvalue weighted by Gasteiger charge is 2.32. The molecule has 0 spiro atoms. The summed E-state index contributed by atoms with van der Waals surface area (Å²) in [5.41, 5.74) is -3.45. The number of benzene rings is 1. The Labute approximate surface area is 176 Å². The fourth-order valence-electron chi connectivity index (χ4n) is 3.41. The molecule has 10 heteroatoms. The molecule has 0 radical (unpaired) electrons. The molecule has 2 heterocycles. The molecule has 3 aromatic rings. The van der Waals surface area contributed by atoms with Crippen LogP contribution >= 0.6 is 22.6 Å². The smallest absolute Gasteiger partial charge is 0.337 e. The van der Waals surface area contributed by atoms with E-state index in [1.165, 1.54) is 19.1 Å². The first-order valence-corrected chi connectivity index (χ1v) is 9.85. The lowest BCUT2D eigenvalue weighted by Gasteiger charge is -2.18. The molecule has 1 fully saturated rings. The Bertz CT molecular complexity index is 1400. The van der Waals surface area contributed by atoms with E-state index in [1.54, 1.807) is 6.07 Å². The lowest BCUT2D eigenvalue weighted by molar-refractivity contribution is 0.0936. The third kappa shape index (κ3) is 2.84. The lowest BCUT2D eigenvalue weighted by atomic mass is 10.2. The molecule has 29 heavy (non-hydrogen) atoms. The Hall–Kier alpha value is -2.76. The first-order chi connectivity index (χ1) is 13.6. The van der Waals surface area contributed by atoms with Crippen LogP contribution in [-0.4, -0.2) is 24.7 Å². The van der Waals surface area contributed by atoms with Crippen LogP contribution in [0.5, 0.6) is 5.75 Å². The average Bonchev–Trinajstić information content (AvgIpc) is 3.46. The summed E-state index contributed by atoms with van der Waals surface area (Å²) in [4.78, 5) is 51.3. The third-order valence-corrected chi connectivity index (χ3v) is 5.64. The van der Waals surface area contributed by atoms with Crippen molar-refractivity contribution in [1.82, 2.24) is 13.7 Å². The Morgan fingerprint density at radius 1 is 1.21 bits per heavy atom. The van der Waals surface area contributed by atoms with Gasteiger partial charge in [-0.05, 0) is 60.6 Å². The van der Waals surface area contributed by atoms with Crippen LogP contribution in [0.4, 0.5) is 4.39 Å². The number of aromatic hydroxyl groups is 1. The maximum absolute atomic E-state index is 14.8. The molecule has 2 aromatic heterocycles. The largest absolute Gasteiger partial charge is 0.506 e. The molecular weight excluding hydrogens is 496 g/mol. The molecule has 1 aliphatic carbocycles. The summed E-state index contributed by atoms with van der Waals surface area (Å²) < 4.78 is 17.8. The van der Waals surface area contributed by atoms with Gasteiger partial charge in [0.05, 0.1) is 11.3 Å². The van der Waals surface area contributed by atoms with E-state index < -0.39 is 39.9 Å². The normalized spacial score (nSPS) is 13.8. The van der Waals surface area contributed by atoms with Gasteiger partial charge >= 0.3 is 5.69 Å². The van der Waals surface area contributed by atoms with Crippen molar-refractivity contribution in [3.05, 3.63) is 64.3 Å². The fourth-order valence-corrected chi connectivity index (χ4v) is 3.86. The van der Waals surface area contributed by atoms with Gasteiger partial charge in [0.15, 0.2) is 0 Å². The van der Waals surface area contributed by atoms with Crippen LogP contribution in [0, 0.1) is 16.3 Å². The second-order valence-electron chi connectivity index (χ2n) is 6.95. The minimum atomic E-state index is -0.884. The summed E-state index contributed by atoms with van der Waals surface area (Å²) in [5, 5.41) is 10.2. The molecule has 1 aromatic carbocycles. The monoisotopic (exact) mass is 511 g/mol. The van der Waals surface area contributed by atoms with Gasteiger partial charge in [-0.2, -0.15) is 0 Å². The highest BCUT2D eigenvalue weighted by molar-refractivity contribution is 14.1. The number of halogens is 2. The zero-order chi connectivity index (χ0) is 21.2. The average molecular weight is 511 g/mol. The van der Waals surface area contributed by atoms with Crippen LogP contribution in [0.1, 0.15) is 36.2 Å². The van der Waals surface area contributed by atoms with Crippen molar-refractivity contribution >= 4 is 39.5 Å². The van der Waals surface area contributed by atoms with Crippen molar-refractivity contribution in [2.75, 3.05) is 0 Å². The van der Waals surface area contributed by atoms with Crippen molar-refractivity contribution in [3.8, 4) is 11.4 Å². The first kappa shape index (κ1) is 19.6. The number of rotatable bonds is 2. The van der Waals surface area contributed by atoms with Gasteiger partial charge in [0, 0.05) is 16.5 Å². The minimum Gasteiger partial charge on any atom is -0.506 e. The van der Waals surface area contributed by atoms with Gasteiger partial charge in [-0.15, -0.1) is 0 Å². The molecule has 1 N–H and O–H groups in total. The van der Waals surface area contributed by atoms with Crippen molar-refractivity contribution in [2.24, 2.45) is 0 Å². The van der Waals surface area contributed by atoms with Crippen LogP contribution in [0.15, 0.2) is 32.6 Å². The number of carbonyl (C=O) groups excluding carboxylic acids is 1. The SMILES string of the molecule is CC(=O)n1c(=O)c(C)c(O)c2c(=O)n(C3CC3)c(=O)n(-c3ccc(I)cc3F)c21. The molecule has 1 saturated carbocycles. The number of hydrogen-bond acceptors (Lipinski definition) is 5. The van der Waals surface area contributed by atoms with Gasteiger partial charge in [-0.25, -0.2) is 18.3 Å². The van der Waals surface area contributed by atoms with Crippen LogP contribution in [0.2, 0.25) is 0 Å². The fraction of sp³-hybridized carbons (Fsp3) is 0.263. The molecular formula is C19H15FIN3O5. The number of pyridine rings is 1. The van der Waals surface area contributed by atoms with Crippen LogP contribution in [-0.2, 0) is 0 Å². The highest BCUT2D eigenvalue weighted by Crippen LogP contribution is 2.34. The molecule has 8 nitrogen and oxygen atoms in total. The van der Waals surface area contributed by atoms with E-state index in [9.17, 15) is 28.7 Å². The maximum atomic E-state index is 14.8. The molecule has 150 valence electrons. The van der Waals surface area contributed by atoms with Crippen LogP contribution < -0.4 is 16.8 Å². The number of aromatic nitrogens is 3. The molecule has 0 aliphatic heterocycles. The van der Waals surface area contributed by atoms with E-state index in [4.69, 9.17) is 0 Å². The Morgan fingerprint density at radius 3 is 2.41 bits per heavy atom. The zero-order valence-electron chi connectivity index (χ0n) is 15.4. The van der Waals surface area contributed by atoms with Gasteiger partial charge in [0.1, 0.15) is 22.6 Å². The second kappa shape index (κ2) is 6.65. The van der Waals surface area contributed by atoms with E-state index in [2.05, 4.69) is 0 Å². The van der Waals surface area contributed by atoms with Gasteiger partial charge in [-0.1, -0.05) is 0 Å². The minimum absolute atomic E-state index is 0.208. The summed E-state index contributed by atoms with van der Waals surface area (Å²) in [6, 6.07) is 3.68. The van der Waals surface area contributed by atoms with E-state index in [0.29, 0.717) is 21.0 Å². The van der Waals surface area contributed by atoms with E-state index >= 15 is 0 Å². The van der Waals surface area contributed by atoms with E-state index in [1.807, 2.05) is 22.6 Å². The van der Waals surface area contributed by atoms with Crippen molar-refractivity contribution < 1.29 is 14.3 Å². The van der Waals surface area contributed by atoms with Gasteiger partial charge in [0.25, 0.3) is 11.1 Å². The molecule has 0 saturated heterocycles. The molecule has 0 bridgehead atoms. The van der Waals surface area contributed by atoms with Crippen LogP contribution in [0.25, 0.3) is 16.7 Å². The predicted octanol–water partition coefficient (Wildman–Crippen LogP) is 2.07. The van der Waals surface area contributed by atoms with Crippen molar-refractivity contribution in [3.63, 3.8) is 0 Å². The van der Waals surface area contributed by atoms with Gasteiger partial charge in [0.2, 0.25) is 5.91 Å². The standard InChI is InChI=1S/C19H15FIN3O5/c1-8-15(26)14-16(22(9(2)25)17(8)27)24(13-6-3-10(21)7-12(13)20)19(29)23(18(14)28)11-4-5-11/h3,6-7,11,26H,4-5H2,1-2H3. The topological polar surface area (TPSA) is 103 Å². The summed E-state index contributed by atoms with van der Waals surface area (Å²) in [6.45, 7) is 2.36. The van der Waals surface area contributed by atoms with Crippen molar-refractivity contribution in [2.45, 2.75) is 32.7 Å². The number of nitrogens with zero attached hydrogens (tertiary/aromatic N) is 3. The maximum Gasteiger partial charge on any atom is 0.337 e. The molecule has 1 aliphatic rings. The zero-order valence-corrected chi connectivity index (χ0v) is 17.6. The summed E-state index contributed by atoms with van der Waals surface area (Å²) in [5.74, 6) is -2.17. The predicted molar refractivity (Wildman–Crippen MR) is 112 cm³/mol. The highest BCUT2D eigenvalue weighted by atomic mass is 127.